The van der Waals surface area contributed by atoms with Gasteiger partial charge in [0.2, 0.25) is 0 Å². The molecule has 1 aromatic heterocycles. The van der Waals surface area contributed by atoms with Gasteiger partial charge >= 0.3 is 0 Å². The van der Waals surface area contributed by atoms with Crippen LogP contribution in [0.4, 0.5) is 0 Å². The molecule has 0 atom stereocenters. The molecule has 0 amide bonds. The summed E-state index contributed by atoms with van der Waals surface area (Å²) < 4.78 is 1.53. The van der Waals surface area contributed by atoms with Crippen molar-refractivity contribution in [2.75, 3.05) is 0 Å². The Kier molecular flexibility index (Phi) is 1.73. The third-order valence-electron chi connectivity index (χ3n) is 1.55. The fourth-order valence-corrected chi connectivity index (χ4v) is 2.34. The van der Waals surface area contributed by atoms with Gasteiger partial charge in [0.1, 0.15) is 5.75 Å². The van der Waals surface area contributed by atoms with Gasteiger partial charge in [-0.2, -0.15) is 0 Å². The first kappa shape index (κ1) is 7.89. The lowest BCUT2D eigenvalue weighted by Gasteiger charge is -1.94. The molecule has 0 unspecified atom stereocenters. The Labute approximate surface area is 81.2 Å². The smallest absolute Gasteiger partial charge is 0.172 e. The van der Waals surface area contributed by atoms with E-state index in [9.17, 15) is 5.11 Å². The standard InChI is InChI=1S/C8H5BrO2S/c9-5-1-4-2-7(11)12-8(4)6(10)3-5/h1-3,10-11H. The lowest BCUT2D eigenvalue weighted by Crippen LogP contribution is -1.66. The number of rotatable bonds is 0. The van der Waals surface area contributed by atoms with Gasteiger partial charge in [-0.1, -0.05) is 27.3 Å². The molecule has 2 N–H and O–H groups in total. The lowest BCUT2D eigenvalue weighted by molar-refractivity contribution is 0.482. The predicted octanol–water partition coefficient (Wildman–Crippen LogP) is 3.08. The minimum Gasteiger partial charge on any atom is -0.506 e. The molecular weight excluding hydrogens is 240 g/mol. The zero-order chi connectivity index (χ0) is 8.72. The van der Waals surface area contributed by atoms with Crippen LogP contribution >= 0.6 is 27.3 Å². The molecule has 2 rings (SSSR count). The predicted molar refractivity (Wildman–Crippen MR) is 52.9 cm³/mol. The number of fused-ring (bicyclic) bond motifs is 1. The second-order valence-corrected chi connectivity index (χ2v) is 4.37. The second-order valence-electron chi connectivity index (χ2n) is 2.43. The number of hydrogen-bond acceptors (Lipinski definition) is 3. The van der Waals surface area contributed by atoms with Crippen molar-refractivity contribution in [1.82, 2.24) is 0 Å². The normalized spacial score (nSPS) is 10.8. The summed E-state index contributed by atoms with van der Waals surface area (Å²) in [7, 11) is 0. The van der Waals surface area contributed by atoms with Crippen LogP contribution in [0.3, 0.4) is 0 Å². The van der Waals surface area contributed by atoms with Crippen LogP contribution in [0, 0.1) is 0 Å². The van der Waals surface area contributed by atoms with Crippen LogP contribution in [-0.4, -0.2) is 10.2 Å². The number of aromatic hydroxyl groups is 2. The van der Waals surface area contributed by atoms with E-state index in [1.54, 1.807) is 12.1 Å². The molecule has 4 heteroatoms. The minimum atomic E-state index is 0.199. The SMILES string of the molecule is Oc1cc2cc(Br)cc(O)c2s1. The van der Waals surface area contributed by atoms with E-state index in [-0.39, 0.29) is 10.8 Å². The molecule has 0 saturated heterocycles. The summed E-state index contributed by atoms with van der Waals surface area (Å²) in [6.45, 7) is 0. The van der Waals surface area contributed by atoms with Crippen molar-refractivity contribution >= 4 is 37.4 Å². The molecule has 0 aliphatic heterocycles. The number of phenols is 1. The maximum atomic E-state index is 9.43. The Bertz CT molecular complexity index is 436. The third-order valence-corrected chi connectivity index (χ3v) is 2.98. The summed E-state index contributed by atoms with van der Waals surface area (Å²) in [5.74, 6) is 0.199. The zero-order valence-electron chi connectivity index (χ0n) is 5.91. The summed E-state index contributed by atoms with van der Waals surface area (Å²) in [5, 5.41) is 19.7. The quantitative estimate of drug-likeness (QED) is 0.748. The number of halogens is 1. The lowest BCUT2D eigenvalue weighted by atomic mass is 10.2. The topological polar surface area (TPSA) is 40.5 Å². The molecule has 0 radical (unpaired) electrons. The highest BCUT2D eigenvalue weighted by atomic mass is 79.9. The van der Waals surface area contributed by atoms with E-state index in [2.05, 4.69) is 15.9 Å². The van der Waals surface area contributed by atoms with E-state index in [0.717, 1.165) is 14.6 Å². The van der Waals surface area contributed by atoms with Crippen molar-refractivity contribution in [3.8, 4) is 10.8 Å². The van der Waals surface area contributed by atoms with Gasteiger partial charge in [-0.25, -0.2) is 0 Å². The maximum Gasteiger partial charge on any atom is 0.172 e. The van der Waals surface area contributed by atoms with Crippen molar-refractivity contribution in [3.63, 3.8) is 0 Å². The highest BCUT2D eigenvalue weighted by Crippen LogP contribution is 2.38. The molecule has 0 saturated carbocycles. The van der Waals surface area contributed by atoms with Crippen LogP contribution in [0.1, 0.15) is 0 Å². The molecule has 0 bridgehead atoms. The van der Waals surface area contributed by atoms with Gasteiger partial charge in [0.15, 0.2) is 5.06 Å². The molecule has 2 nitrogen and oxygen atoms in total. The molecule has 62 valence electrons. The van der Waals surface area contributed by atoms with E-state index in [1.807, 2.05) is 6.07 Å². The summed E-state index contributed by atoms with van der Waals surface area (Å²) in [5.41, 5.74) is 0. The minimum absolute atomic E-state index is 0.199. The maximum absolute atomic E-state index is 9.43. The molecule has 2 aromatic rings. The van der Waals surface area contributed by atoms with Crippen LogP contribution in [0.5, 0.6) is 10.8 Å². The number of phenolic OH excluding ortho intramolecular Hbond substituents is 1. The molecular formula is C8H5BrO2S. The van der Waals surface area contributed by atoms with Gasteiger partial charge in [-0.05, 0) is 18.2 Å². The zero-order valence-corrected chi connectivity index (χ0v) is 8.32. The molecule has 0 spiro atoms. The Morgan fingerprint density at radius 3 is 2.67 bits per heavy atom. The summed E-state index contributed by atoms with van der Waals surface area (Å²) in [4.78, 5) is 0. The first-order valence-electron chi connectivity index (χ1n) is 3.28. The number of benzene rings is 1. The number of thiophene rings is 1. The van der Waals surface area contributed by atoms with Crippen LogP contribution in [0.2, 0.25) is 0 Å². The summed E-state index contributed by atoms with van der Waals surface area (Å²) in [6, 6.07) is 5.09. The molecule has 12 heavy (non-hydrogen) atoms. The van der Waals surface area contributed by atoms with Crippen molar-refractivity contribution in [1.29, 1.82) is 0 Å². The van der Waals surface area contributed by atoms with Crippen LogP contribution in [0.15, 0.2) is 22.7 Å². The van der Waals surface area contributed by atoms with Gasteiger partial charge in [0, 0.05) is 9.86 Å². The van der Waals surface area contributed by atoms with E-state index in [1.165, 1.54) is 11.3 Å². The van der Waals surface area contributed by atoms with Gasteiger partial charge in [-0.15, -0.1) is 0 Å². The largest absolute Gasteiger partial charge is 0.506 e. The monoisotopic (exact) mass is 244 g/mol. The Hall–Kier alpha value is -0.740. The molecule has 0 aliphatic rings. The number of hydrogen-bond donors (Lipinski definition) is 2. The van der Waals surface area contributed by atoms with Gasteiger partial charge < -0.3 is 10.2 Å². The van der Waals surface area contributed by atoms with E-state index in [4.69, 9.17) is 5.11 Å². The fourth-order valence-electron chi connectivity index (χ4n) is 1.09. The molecule has 0 fully saturated rings. The van der Waals surface area contributed by atoms with Crippen molar-refractivity contribution in [2.45, 2.75) is 0 Å². The average Bonchev–Trinajstić information content (AvgIpc) is 2.29. The Morgan fingerprint density at radius 2 is 1.92 bits per heavy atom. The Morgan fingerprint density at radius 1 is 1.17 bits per heavy atom. The van der Waals surface area contributed by atoms with Gasteiger partial charge in [0.25, 0.3) is 0 Å². The highest BCUT2D eigenvalue weighted by Gasteiger charge is 2.05. The van der Waals surface area contributed by atoms with Crippen molar-refractivity contribution in [2.24, 2.45) is 0 Å². The van der Waals surface area contributed by atoms with Crippen LogP contribution in [-0.2, 0) is 0 Å². The van der Waals surface area contributed by atoms with Crippen LogP contribution in [0.25, 0.3) is 10.1 Å². The summed E-state index contributed by atoms with van der Waals surface area (Å²) >= 11 is 4.43. The van der Waals surface area contributed by atoms with Gasteiger partial charge in [0.05, 0.1) is 4.70 Å². The summed E-state index contributed by atoms with van der Waals surface area (Å²) in [6.07, 6.45) is 0. The van der Waals surface area contributed by atoms with Crippen molar-refractivity contribution in [3.05, 3.63) is 22.7 Å². The second kappa shape index (κ2) is 2.64. The molecule has 1 aromatic carbocycles. The first-order valence-corrected chi connectivity index (χ1v) is 4.89. The van der Waals surface area contributed by atoms with E-state index >= 15 is 0 Å². The highest BCUT2D eigenvalue weighted by molar-refractivity contribution is 9.10. The van der Waals surface area contributed by atoms with Crippen LogP contribution < -0.4 is 0 Å². The Balaban J connectivity index is 2.88. The molecule has 0 aliphatic carbocycles. The van der Waals surface area contributed by atoms with Crippen molar-refractivity contribution < 1.29 is 10.2 Å². The first-order chi connectivity index (χ1) is 5.66. The van der Waals surface area contributed by atoms with E-state index < -0.39 is 0 Å². The molecule has 1 heterocycles. The third kappa shape index (κ3) is 1.17. The van der Waals surface area contributed by atoms with Gasteiger partial charge in [-0.3, -0.25) is 0 Å². The van der Waals surface area contributed by atoms with E-state index in [0.29, 0.717) is 0 Å². The fraction of sp³-hybridized carbons (Fsp3) is 0. The average molecular weight is 245 g/mol.